The Balaban J connectivity index is 1.81. The second-order valence-electron chi connectivity index (χ2n) is 5.43. The molecule has 2 heterocycles. The molecule has 0 aliphatic carbocycles. The molecule has 2 saturated heterocycles. The van der Waals surface area contributed by atoms with Crippen molar-refractivity contribution in [3.63, 3.8) is 0 Å². The molecular formula is C14H27NO. The minimum absolute atomic E-state index is 0.579. The van der Waals surface area contributed by atoms with Crippen LogP contribution in [0.2, 0.25) is 0 Å². The van der Waals surface area contributed by atoms with E-state index in [1.807, 2.05) is 0 Å². The van der Waals surface area contributed by atoms with Gasteiger partial charge in [0.15, 0.2) is 0 Å². The Kier molecular flexibility index (Phi) is 4.66. The zero-order valence-electron chi connectivity index (χ0n) is 10.9. The highest BCUT2D eigenvalue weighted by atomic mass is 16.5. The number of ether oxygens (including phenoxy) is 1. The number of nitrogens with one attached hydrogen (secondary N) is 1. The van der Waals surface area contributed by atoms with E-state index in [1.54, 1.807) is 0 Å². The predicted octanol–water partition coefficient (Wildman–Crippen LogP) is 3.11. The zero-order valence-corrected chi connectivity index (χ0v) is 10.9. The van der Waals surface area contributed by atoms with Crippen molar-refractivity contribution in [1.29, 1.82) is 0 Å². The molecule has 1 N–H and O–H groups in total. The van der Waals surface area contributed by atoms with Crippen LogP contribution < -0.4 is 5.32 Å². The summed E-state index contributed by atoms with van der Waals surface area (Å²) in [5.41, 5.74) is 0. The molecule has 2 rings (SSSR count). The summed E-state index contributed by atoms with van der Waals surface area (Å²) in [6.07, 6.45) is 10.5. The molecule has 4 unspecified atom stereocenters. The van der Waals surface area contributed by atoms with Gasteiger partial charge in [-0.25, -0.2) is 0 Å². The van der Waals surface area contributed by atoms with Crippen molar-refractivity contribution >= 4 is 0 Å². The summed E-state index contributed by atoms with van der Waals surface area (Å²) in [6.45, 7) is 5.61. The Morgan fingerprint density at radius 2 is 2.12 bits per heavy atom. The molecule has 0 aromatic rings. The fourth-order valence-electron chi connectivity index (χ4n) is 3.44. The summed E-state index contributed by atoms with van der Waals surface area (Å²) >= 11 is 0. The minimum Gasteiger partial charge on any atom is -0.375 e. The molecule has 0 spiro atoms. The van der Waals surface area contributed by atoms with Gasteiger partial charge >= 0.3 is 0 Å². The Morgan fingerprint density at radius 1 is 1.25 bits per heavy atom. The van der Waals surface area contributed by atoms with Crippen molar-refractivity contribution < 1.29 is 4.74 Å². The molecule has 0 aromatic heterocycles. The van der Waals surface area contributed by atoms with Crippen molar-refractivity contribution in [3.8, 4) is 0 Å². The number of fused-ring (bicyclic) bond motifs is 2. The summed E-state index contributed by atoms with van der Waals surface area (Å²) in [5, 5.41) is 3.69. The first kappa shape index (κ1) is 12.4. The van der Waals surface area contributed by atoms with Gasteiger partial charge in [0.25, 0.3) is 0 Å². The summed E-state index contributed by atoms with van der Waals surface area (Å²) in [7, 11) is 0. The lowest BCUT2D eigenvalue weighted by Crippen LogP contribution is -2.40. The molecule has 0 saturated carbocycles. The third-order valence-corrected chi connectivity index (χ3v) is 4.25. The van der Waals surface area contributed by atoms with Crippen LogP contribution in [0.1, 0.15) is 58.8 Å². The van der Waals surface area contributed by atoms with Crippen molar-refractivity contribution in [2.24, 2.45) is 5.92 Å². The lowest BCUT2D eigenvalue weighted by Gasteiger charge is -2.29. The first-order valence-corrected chi connectivity index (χ1v) is 7.24. The molecule has 2 aliphatic heterocycles. The van der Waals surface area contributed by atoms with E-state index in [4.69, 9.17) is 4.74 Å². The lowest BCUT2D eigenvalue weighted by molar-refractivity contribution is 0.0849. The molecule has 2 aliphatic rings. The molecule has 16 heavy (non-hydrogen) atoms. The zero-order chi connectivity index (χ0) is 11.4. The molecule has 0 radical (unpaired) electrons. The second kappa shape index (κ2) is 6.02. The van der Waals surface area contributed by atoms with E-state index >= 15 is 0 Å². The Morgan fingerprint density at radius 3 is 2.69 bits per heavy atom. The lowest BCUT2D eigenvalue weighted by atomic mass is 9.82. The largest absolute Gasteiger partial charge is 0.375 e. The fourth-order valence-corrected chi connectivity index (χ4v) is 3.44. The van der Waals surface area contributed by atoms with Gasteiger partial charge in [-0.1, -0.05) is 33.1 Å². The molecule has 2 heteroatoms. The maximum absolute atomic E-state index is 5.98. The normalized spacial score (nSPS) is 34.5. The summed E-state index contributed by atoms with van der Waals surface area (Å²) in [6, 6.07) is 0.715. The Bertz CT molecular complexity index is 207. The SMILES string of the molecule is CCCCCC(NCC)C1CC2CCC1O2. The van der Waals surface area contributed by atoms with Crippen LogP contribution in [-0.2, 0) is 4.74 Å². The number of hydrogen-bond acceptors (Lipinski definition) is 2. The number of unbranched alkanes of at least 4 members (excludes halogenated alkanes) is 2. The maximum atomic E-state index is 5.98. The predicted molar refractivity (Wildman–Crippen MR) is 67.6 cm³/mol. The summed E-state index contributed by atoms with van der Waals surface area (Å²) in [4.78, 5) is 0. The standard InChI is InChI=1S/C14H27NO/c1-3-5-6-7-13(15-4-2)12-10-11-8-9-14(12)16-11/h11-15H,3-10H2,1-2H3. The average Bonchev–Trinajstić information content (AvgIpc) is 2.90. The molecular weight excluding hydrogens is 198 g/mol. The highest BCUT2D eigenvalue weighted by molar-refractivity contribution is 4.95. The van der Waals surface area contributed by atoms with Crippen molar-refractivity contribution in [2.45, 2.75) is 77.0 Å². The fraction of sp³-hybridized carbons (Fsp3) is 1.00. The van der Waals surface area contributed by atoms with E-state index in [0.29, 0.717) is 18.2 Å². The first-order chi connectivity index (χ1) is 7.85. The van der Waals surface area contributed by atoms with Crippen molar-refractivity contribution in [2.75, 3.05) is 6.54 Å². The van der Waals surface area contributed by atoms with Crippen LogP contribution in [0.3, 0.4) is 0 Å². The third-order valence-electron chi connectivity index (χ3n) is 4.25. The smallest absolute Gasteiger partial charge is 0.0623 e. The minimum atomic E-state index is 0.579. The maximum Gasteiger partial charge on any atom is 0.0623 e. The Hall–Kier alpha value is -0.0800. The van der Waals surface area contributed by atoms with Gasteiger partial charge < -0.3 is 10.1 Å². The molecule has 4 atom stereocenters. The van der Waals surface area contributed by atoms with Gasteiger partial charge in [0.05, 0.1) is 12.2 Å². The van der Waals surface area contributed by atoms with Gasteiger partial charge in [-0.15, -0.1) is 0 Å². The van der Waals surface area contributed by atoms with Crippen LogP contribution in [0.25, 0.3) is 0 Å². The van der Waals surface area contributed by atoms with Gasteiger partial charge in [0.2, 0.25) is 0 Å². The summed E-state index contributed by atoms with van der Waals surface area (Å²) < 4.78 is 5.98. The van der Waals surface area contributed by atoms with Gasteiger partial charge in [-0.2, -0.15) is 0 Å². The van der Waals surface area contributed by atoms with E-state index < -0.39 is 0 Å². The quantitative estimate of drug-likeness (QED) is 0.672. The molecule has 0 amide bonds. The van der Waals surface area contributed by atoms with Crippen LogP contribution in [0.15, 0.2) is 0 Å². The summed E-state index contributed by atoms with van der Waals surface area (Å²) in [5.74, 6) is 0.801. The van der Waals surface area contributed by atoms with Crippen LogP contribution in [0.4, 0.5) is 0 Å². The molecule has 2 bridgehead atoms. The molecule has 94 valence electrons. The number of hydrogen-bond donors (Lipinski definition) is 1. The van der Waals surface area contributed by atoms with Crippen LogP contribution >= 0.6 is 0 Å². The second-order valence-corrected chi connectivity index (χ2v) is 5.43. The average molecular weight is 225 g/mol. The monoisotopic (exact) mass is 225 g/mol. The van der Waals surface area contributed by atoms with Crippen LogP contribution in [0, 0.1) is 5.92 Å². The van der Waals surface area contributed by atoms with E-state index in [1.165, 1.54) is 44.9 Å². The Labute approximate surface area is 100 Å². The first-order valence-electron chi connectivity index (χ1n) is 7.24. The van der Waals surface area contributed by atoms with Crippen molar-refractivity contribution in [3.05, 3.63) is 0 Å². The third kappa shape index (κ3) is 2.78. The topological polar surface area (TPSA) is 21.3 Å². The van der Waals surface area contributed by atoms with Gasteiger partial charge in [0, 0.05) is 12.0 Å². The van der Waals surface area contributed by atoms with Crippen LogP contribution in [-0.4, -0.2) is 24.8 Å². The van der Waals surface area contributed by atoms with Crippen molar-refractivity contribution in [1.82, 2.24) is 5.32 Å². The van der Waals surface area contributed by atoms with Crippen LogP contribution in [0.5, 0.6) is 0 Å². The highest BCUT2D eigenvalue weighted by Crippen LogP contribution is 2.41. The van der Waals surface area contributed by atoms with E-state index in [9.17, 15) is 0 Å². The van der Waals surface area contributed by atoms with E-state index in [-0.39, 0.29) is 0 Å². The molecule has 0 aromatic carbocycles. The molecule has 2 fully saturated rings. The number of rotatable bonds is 7. The van der Waals surface area contributed by atoms with E-state index in [2.05, 4.69) is 19.2 Å². The van der Waals surface area contributed by atoms with E-state index in [0.717, 1.165) is 12.5 Å². The highest BCUT2D eigenvalue weighted by Gasteiger charge is 2.43. The van der Waals surface area contributed by atoms with Gasteiger partial charge in [-0.05, 0) is 32.2 Å². The van der Waals surface area contributed by atoms with Gasteiger partial charge in [0.1, 0.15) is 0 Å². The van der Waals surface area contributed by atoms with Gasteiger partial charge in [-0.3, -0.25) is 0 Å². The molecule has 2 nitrogen and oxygen atoms in total.